The molecule has 2 aliphatic heterocycles. The van der Waals surface area contributed by atoms with Gasteiger partial charge in [0.1, 0.15) is 11.6 Å². The van der Waals surface area contributed by atoms with Gasteiger partial charge in [-0.05, 0) is 55.3 Å². The van der Waals surface area contributed by atoms with Gasteiger partial charge in [0.25, 0.3) is 0 Å². The van der Waals surface area contributed by atoms with E-state index in [-0.39, 0.29) is 10.4 Å². The Bertz CT molecular complexity index is 1210. The molecule has 6 nitrogen and oxygen atoms in total. The SMILES string of the molecule is COc1ccc2c(c1)NC1(CCN(S(=O)(=O)c3cccc(F)c3)CC1)c1cccn1-2. The van der Waals surface area contributed by atoms with Crippen LogP contribution in [0.1, 0.15) is 18.5 Å². The highest BCUT2D eigenvalue weighted by Crippen LogP contribution is 2.44. The first-order valence-electron chi connectivity index (χ1n) is 9.83. The average Bonchev–Trinajstić information content (AvgIpc) is 3.25. The number of hydrogen-bond acceptors (Lipinski definition) is 4. The largest absolute Gasteiger partial charge is 0.497 e. The minimum absolute atomic E-state index is 0.00601. The van der Waals surface area contributed by atoms with E-state index in [9.17, 15) is 12.8 Å². The van der Waals surface area contributed by atoms with Crippen LogP contribution in [-0.4, -0.2) is 37.5 Å². The fourth-order valence-electron chi connectivity index (χ4n) is 4.52. The topological polar surface area (TPSA) is 63.6 Å². The predicted octanol–water partition coefficient (Wildman–Crippen LogP) is 3.73. The van der Waals surface area contributed by atoms with Crippen LogP contribution in [0.3, 0.4) is 0 Å². The van der Waals surface area contributed by atoms with Crippen molar-refractivity contribution in [2.24, 2.45) is 0 Å². The van der Waals surface area contributed by atoms with Crippen LogP contribution in [0.25, 0.3) is 5.69 Å². The quantitative estimate of drug-likeness (QED) is 0.692. The highest BCUT2D eigenvalue weighted by atomic mass is 32.2. The van der Waals surface area contributed by atoms with Crippen LogP contribution in [0.15, 0.2) is 65.7 Å². The average molecular weight is 428 g/mol. The lowest BCUT2D eigenvalue weighted by molar-refractivity contribution is 0.247. The number of methoxy groups -OCH3 is 1. The molecule has 0 aliphatic carbocycles. The minimum Gasteiger partial charge on any atom is -0.497 e. The van der Waals surface area contributed by atoms with Gasteiger partial charge >= 0.3 is 0 Å². The van der Waals surface area contributed by atoms with E-state index in [2.05, 4.69) is 16.0 Å². The maximum Gasteiger partial charge on any atom is 0.243 e. The van der Waals surface area contributed by atoms with Gasteiger partial charge in [0.2, 0.25) is 10.0 Å². The second kappa shape index (κ2) is 6.85. The molecule has 0 atom stereocenters. The molecule has 0 saturated carbocycles. The van der Waals surface area contributed by atoms with Gasteiger partial charge in [0.15, 0.2) is 0 Å². The summed E-state index contributed by atoms with van der Waals surface area (Å²) < 4.78 is 48.6. The summed E-state index contributed by atoms with van der Waals surface area (Å²) in [4.78, 5) is -0.00601. The number of anilines is 1. The standard InChI is InChI=1S/C22H22FN3O3S/c1-29-17-7-8-20-19(15-17)24-22(21-6-3-11-26(20)21)9-12-25(13-10-22)30(27,28)18-5-2-4-16(23)14-18/h2-8,11,14-15,24H,9-10,12-13H2,1H3. The Morgan fingerprint density at radius 1 is 1.07 bits per heavy atom. The summed E-state index contributed by atoms with van der Waals surface area (Å²) in [6.45, 7) is 0.687. The number of fused-ring (bicyclic) bond motifs is 4. The van der Waals surface area contributed by atoms with Crippen molar-refractivity contribution in [3.8, 4) is 11.4 Å². The van der Waals surface area contributed by atoms with Crippen molar-refractivity contribution in [3.05, 3.63) is 72.3 Å². The van der Waals surface area contributed by atoms with Gasteiger partial charge < -0.3 is 14.6 Å². The van der Waals surface area contributed by atoms with Gasteiger partial charge in [0.05, 0.1) is 28.9 Å². The predicted molar refractivity (Wildman–Crippen MR) is 112 cm³/mol. The Morgan fingerprint density at radius 3 is 2.60 bits per heavy atom. The maximum absolute atomic E-state index is 13.6. The van der Waals surface area contributed by atoms with Gasteiger partial charge in [0, 0.05) is 31.0 Å². The van der Waals surface area contributed by atoms with E-state index < -0.39 is 15.8 Å². The molecule has 8 heteroatoms. The summed E-state index contributed by atoms with van der Waals surface area (Å²) in [6, 6.07) is 15.2. The molecule has 0 bridgehead atoms. The van der Waals surface area contributed by atoms with Gasteiger partial charge in [-0.15, -0.1) is 0 Å². The number of aromatic nitrogens is 1. The highest BCUT2D eigenvalue weighted by molar-refractivity contribution is 7.89. The highest BCUT2D eigenvalue weighted by Gasteiger charge is 2.44. The van der Waals surface area contributed by atoms with E-state index in [1.165, 1.54) is 22.5 Å². The van der Waals surface area contributed by atoms with Crippen LogP contribution in [-0.2, 0) is 15.6 Å². The third-order valence-corrected chi connectivity index (χ3v) is 7.98. The van der Waals surface area contributed by atoms with E-state index in [0.717, 1.165) is 28.9 Å². The summed E-state index contributed by atoms with van der Waals surface area (Å²) in [5, 5.41) is 3.67. The summed E-state index contributed by atoms with van der Waals surface area (Å²) >= 11 is 0. The molecule has 30 heavy (non-hydrogen) atoms. The van der Waals surface area contributed by atoms with E-state index in [1.807, 2.05) is 30.5 Å². The molecule has 1 spiro atoms. The third-order valence-electron chi connectivity index (χ3n) is 6.09. The normalized spacial score (nSPS) is 17.8. The Morgan fingerprint density at radius 2 is 1.87 bits per heavy atom. The first-order chi connectivity index (χ1) is 14.4. The van der Waals surface area contributed by atoms with Crippen LogP contribution in [0.5, 0.6) is 5.75 Å². The number of nitrogens with one attached hydrogen (secondary N) is 1. The van der Waals surface area contributed by atoms with Crippen molar-refractivity contribution in [1.82, 2.24) is 8.87 Å². The molecular weight excluding hydrogens is 405 g/mol. The lowest BCUT2D eigenvalue weighted by Gasteiger charge is -2.46. The minimum atomic E-state index is -3.74. The van der Waals surface area contributed by atoms with Crippen molar-refractivity contribution in [3.63, 3.8) is 0 Å². The van der Waals surface area contributed by atoms with Crippen LogP contribution < -0.4 is 10.1 Å². The maximum atomic E-state index is 13.6. The number of nitrogens with zero attached hydrogens (tertiary/aromatic N) is 2. The monoisotopic (exact) mass is 427 g/mol. The zero-order chi connectivity index (χ0) is 20.9. The van der Waals surface area contributed by atoms with Gasteiger partial charge in [-0.1, -0.05) is 6.07 Å². The molecule has 1 fully saturated rings. The molecule has 3 aromatic rings. The number of piperidine rings is 1. The molecule has 0 unspecified atom stereocenters. The van der Waals surface area contributed by atoms with Gasteiger partial charge in [-0.2, -0.15) is 4.31 Å². The number of halogens is 1. The Kier molecular flexibility index (Phi) is 4.37. The summed E-state index contributed by atoms with van der Waals surface area (Å²) in [5.74, 6) is 0.208. The Balaban J connectivity index is 1.46. The van der Waals surface area contributed by atoms with Crippen molar-refractivity contribution in [2.45, 2.75) is 23.3 Å². The lowest BCUT2D eigenvalue weighted by Crippen LogP contribution is -2.51. The first-order valence-corrected chi connectivity index (χ1v) is 11.3. The van der Waals surface area contributed by atoms with E-state index in [4.69, 9.17) is 4.74 Å². The van der Waals surface area contributed by atoms with E-state index >= 15 is 0 Å². The smallest absolute Gasteiger partial charge is 0.243 e. The summed E-state index contributed by atoms with van der Waals surface area (Å²) in [7, 11) is -2.10. The van der Waals surface area contributed by atoms with Crippen molar-refractivity contribution >= 4 is 15.7 Å². The number of benzene rings is 2. The van der Waals surface area contributed by atoms with Crippen LogP contribution >= 0.6 is 0 Å². The fourth-order valence-corrected chi connectivity index (χ4v) is 5.99. The molecule has 156 valence electrons. The number of rotatable bonds is 3. The van der Waals surface area contributed by atoms with Gasteiger partial charge in [-0.25, -0.2) is 12.8 Å². The molecular formula is C22H22FN3O3S. The molecule has 3 heterocycles. The Hall–Kier alpha value is -2.84. The zero-order valence-corrected chi connectivity index (χ0v) is 17.3. The molecule has 1 aromatic heterocycles. The van der Waals surface area contributed by atoms with E-state index in [0.29, 0.717) is 25.9 Å². The van der Waals surface area contributed by atoms with Crippen LogP contribution in [0, 0.1) is 5.82 Å². The molecule has 5 rings (SSSR count). The third kappa shape index (κ3) is 2.90. The second-order valence-electron chi connectivity index (χ2n) is 7.72. The molecule has 2 aromatic carbocycles. The Labute approximate surface area is 174 Å². The van der Waals surface area contributed by atoms with Crippen molar-refractivity contribution in [2.75, 3.05) is 25.5 Å². The second-order valence-corrected chi connectivity index (χ2v) is 9.65. The lowest BCUT2D eigenvalue weighted by atomic mass is 9.83. The molecule has 0 radical (unpaired) electrons. The molecule has 1 N–H and O–H groups in total. The number of sulfonamides is 1. The van der Waals surface area contributed by atoms with E-state index in [1.54, 1.807) is 7.11 Å². The summed E-state index contributed by atoms with van der Waals surface area (Å²) in [5.41, 5.74) is 2.73. The van der Waals surface area contributed by atoms with Gasteiger partial charge in [-0.3, -0.25) is 0 Å². The number of ether oxygens (including phenoxy) is 1. The first kappa shape index (κ1) is 19.1. The van der Waals surface area contributed by atoms with Crippen LogP contribution in [0.4, 0.5) is 10.1 Å². The molecule has 0 amide bonds. The fraction of sp³-hybridized carbons (Fsp3) is 0.273. The number of hydrogen-bond donors (Lipinski definition) is 1. The summed E-state index contributed by atoms with van der Waals surface area (Å²) in [6.07, 6.45) is 3.23. The molecule has 1 saturated heterocycles. The van der Waals surface area contributed by atoms with Crippen molar-refractivity contribution in [1.29, 1.82) is 0 Å². The zero-order valence-electron chi connectivity index (χ0n) is 16.5. The van der Waals surface area contributed by atoms with Crippen molar-refractivity contribution < 1.29 is 17.5 Å². The van der Waals surface area contributed by atoms with Crippen LogP contribution in [0.2, 0.25) is 0 Å². The molecule has 2 aliphatic rings.